The Labute approximate surface area is 195 Å². The second-order valence-corrected chi connectivity index (χ2v) is 8.69. The summed E-state index contributed by atoms with van der Waals surface area (Å²) in [6.45, 7) is 7.94. The van der Waals surface area contributed by atoms with Gasteiger partial charge in [0.2, 0.25) is 5.91 Å². The third-order valence-electron chi connectivity index (χ3n) is 4.51. The van der Waals surface area contributed by atoms with Gasteiger partial charge in [-0.2, -0.15) is 0 Å². The summed E-state index contributed by atoms with van der Waals surface area (Å²) in [5.41, 5.74) is 3.42. The van der Waals surface area contributed by atoms with Crippen molar-refractivity contribution >= 4 is 59.7 Å². The molecule has 0 saturated carbocycles. The molecule has 5 nitrogen and oxygen atoms in total. The number of likely N-dealkylation sites (N-methyl/N-ethyl adjacent to an activating group) is 1. The van der Waals surface area contributed by atoms with Gasteiger partial charge >= 0.3 is 0 Å². The topological polar surface area (TPSA) is 68.2 Å². The minimum atomic E-state index is -0.00133. The van der Waals surface area contributed by atoms with Gasteiger partial charge in [-0.3, -0.25) is 4.79 Å². The van der Waals surface area contributed by atoms with Crippen LogP contribution in [0.25, 0.3) is 0 Å². The molecule has 0 heterocycles. The zero-order chi connectivity index (χ0) is 21.8. The van der Waals surface area contributed by atoms with Crippen LogP contribution in [0.4, 0.5) is 5.69 Å². The van der Waals surface area contributed by atoms with Crippen LogP contribution >= 0.6 is 41.9 Å². The molecule has 1 aromatic rings. The average Bonchev–Trinajstić information content (AvgIpc) is 2.69. The van der Waals surface area contributed by atoms with Gasteiger partial charge in [0.15, 0.2) is 0 Å². The van der Waals surface area contributed by atoms with E-state index < -0.39 is 0 Å². The first-order valence-electron chi connectivity index (χ1n) is 9.10. The number of hydrogen-bond acceptors (Lipinski definition) is 5. The summed E-state index contributed by atoms with van der Waals surface area (Å²) >= 11 is 8.69. The molecule has 0 bridgehead atoms. The zero-order valence-electron chi connectivity index (χ0n) is 16.8. The minimum Gasteiger partial charge on any atom is -0.355 e. The quantitative estimate of drug-likeness (QED) is 0.134. The first-order chi connectivity index (χ1) is 13.9. The molecule has 1 rings (SSSR count). The summed E-state index contributed by atoms with van der Waals surface area (Å²) in [5.74, 6) is -0.00133. The number of nitrogens with one attached hydrogen (secondary N) is 3. The Kier molecular flexibility index (Phi) is 12.3. The van der Waals surface area contributed by atoms with Gasteiger partial charge in [-0.25, -0.2) is 0 Å². The van der Waals surface area contributed by atoms with Crippen molar-refractivity contribution in [3.05, 3.63) is 65.2 Å². The Morgan fingerprint density at radius 3 is 2.66 bits per heavy atom. The molecule has 1 atom stereocenters. The standard InChI is InChI=1S/C21H28ClIN4OS/c1-5-7-15(6-2)8-11-20(28)25-14-17(27(3)4)12-16-9-10-19(26-29-23)18(13-24)21(16)22/h5-7,9-10,13,17,24,26H,1-2,8,11-12,14H2,3-4H3,(H,25,28)/b15-7+,24-13?. The van der Waals surface area contributed by atoms with Crippen molar-refractivity contribution in [1.29, 1.82) is 5.41 Å². The fourth-order valence-corrected chi connectivity index (χ4v) is 4.01. The van der Waals surface area contributed by atoms with Crippen molar-refractivity contribution in [2.24, 2.45) is 0 Å². The van der Waals surface area contributed by atoms with Gasteiger partial charge in [0, 0.05) is 61.1 Å². The highest BCUT2D eigenvalue weighted by Crippen LogP contribution is 2.30. The van der Waals surface area contributed by atoms with Crippen LogP contribution in [0.1, 0.15) is 24.0 Å². The molecule has 0 aliphatic rings. The summed E-state index contributed by atoms with van der Waals surface area (Å²) in [7, 11) is 5.39. The van der Waals surface area contributed by atoms with Crippen LogP contribution in [0.5, 0.6) is 0 Å². The summed E-state index contributed by atoms with van der Waals surface area (Å²) in [4.78, 5) is 14.3. The van der Waals surface area contributed by atoms with Crippen LogP contribution in [-0.2, 0) is 11.2 Å². The number of rotatable bonds is 13. The van der Waals surface area contributed by atoms with Gasteiger partial charge in [0.05, 0.1) is 10.7 Å². The lowest BCUT2D eigenvalue weighted by molar-refractivity contribution is -0.121. The number of carbonyl (C=O) groups excluding carboxylic acids is 1. The number of halogens is 2. The molecule has 0 saturated heterocycles. The molecule has 158 valence electrons. The fraction of sp³-hybridized carbons (Fsp3) is 0.333. The molecule has 1 aromatic carbocycles. The van der Waals surface area contributed by atoms with Crippen molar-refractivity contribution in [3.8, 4) is 0 Å². The number of hydrogen-bond donors (Lipinski definition) is 3. The maximum atomic E-state index is 12.2. The molecule has 1 unspecified atom stereocenters. The number of carbonyl (C=O) groups is 1. The zero-order valence-corrected chi connectivity index (χ0v) is 20.5. The minimum absolute atomic E-state index is 0.00133. The Balaban J connectivity index is 2.78. The van der Waals surface area contributed by atoms with Crippen LogP contribution < -0.4 is 10.0 Å². The summed E-state index contributed by atoms with van der Waals surface area (Å²) in [6, 6.07) is 3.98. The number of anilines is 1. The lowest BCUT2D eigenvalue weighted by Gasteiger charge is -2.25. The molecule has 0 aliphatic carbocycles. The van der Waals surface area contributed by atoms with E-state index in [9.17, 15) is 4.79 Å². The molecule has 8 heteroatoms. The second-order valence-electron chi connectivity index (χ2n) is 6.63. The molecule has 1 amide bonds. The number of amides is 1. The van der Waals surface area contributed by atoms with Gasteiger partial charge in [-0.1, -0.05) is 49.1 Å². The van der Waals surface area contributed by atoms with Crippen LogP contribution in [-0.4, -0.2) is 43.7 Å². The van der Waals surface area contributed by atoms with E-state index >= 15 is 0 Å². The van der Waals surface area contributed by atoms with Gasteiger partial charge in [0.25, 0.3) is 0 Å². The molecular weight excluding hydrogens is 519 g/mol. The van der Waals surface area contributed by atoms with Crippen LogP contribution in [0.2, 0.25) is 5.02 Å². The molecule has 0 aromatic heterocycles. The molecule has 0 spiro atoms. The Hall–Kier alpha value is -1.29. The number of nitrogens with zero attached hydrogens (tertiary/aromatic N) is 1. The van der Waals surface area contributed by atoms with Gasteiger partial charge in [-0.05, 0) is 44.1 Å². The van der Waals surface area contributed by atoms with Crippen molar-refractivity contribution < 1.29 is 4.79 Å². The van der Waals surface area contributed by atoms with Crippen molar-refractivity contribution in [2.45, 2.75) is 25.3 Å². The smallest absolute Gasteiger partial charge is 0.220 e. The first-order valence-corrected chi connectivity index (χ1v) is 12.8. The van der Waals surface area contributed by atoms with E-state index in [1.54, 1.807) is 12.2 Å². The predicted molar refractivity (Wildman–Crippen MR) is 136 cm³/mol. The second kappa shape index (κ2) is 13.8. The molecule has 29 heavy (non-hydrogen) atoms. The van der Waals surface area contributed by atoms with E-state index in [1.807, 2.05) is 32.3 Å². The van der Waals surface area contributed by atoms with Crippen molar-refractivity contribution in [3.63, 3.8) is 0 Å². The highest BCUT2D eigenvalue weighted by atomic mass is 127. The van der Waals surface area contributed by atoms with E-state index in [0.29, 0.717) is 36.4 Å². The highest BCUT2D eigenvalue weighted by Gasteiger charge is 2.18. The van der Waals surface area contributed by atoms with E-state index in [-0.39, 0.29) is 11.9 Å². The van der Waals surface area contributed by atoms with Gasteiger partial charge in [0.1, 0.15) is 0 Å². The van der Waals surface area contributed by atoms with Crippen LogP contribution in [0.15, 0.2) is 49.1 Å². The average molecular weight is 547 g/mol. The molecular formula is C21H28ClIN4OS. The maximum absolute atomic E-state index is 12.2. The van der Waals surface area contributed by atoms with E-state index in [1.165, 1.54) is 15.3 Å². The summed E-state index contributed by atoms with van der Waals surface area (Å²) in [6.07, 6.45) is 8.27. The third kappa shape index (κ3) is 8.54. The first kappa shape index (κ1) is 25.7. The highest BCUT2D eigenvalue weighted by molar-refractivity contribution is 14.2. The summed E-state index contributed by atoms with van der Waals surface area (Å²) < 4.78 is 3.13. The van der Waals surface area contributed by atoms with E-state index in [0.717, 1.165) is 16.8 Å². The van der Waals surface area contributed by atoms with Crippen LogP contribution in [0.3, 0.4) is 0 Å². The fourth-order valence-electron chi connectivity index (χ4n) is 2.74. The lowest BCUT2D eigenvalue weighted by Crippen LogP contribution is -2.41. The molecule has 0 fully saturated rings. The van der Waals surface area contributed by atoms with E-state index in [4.69, 9.17) is 17.0 Å². The molecule has 0 aliphatic heterocycles. The normalized spacial score (nSPS) is 12.4. The van der Waals surface area contributed by atoms with E-state index in [2.05, 4.69) is 49.3 Å². The Morgan fingerprint density at radius 1 is 1.38 bits per heavy atom. The lowest BCUT2D eigenvalue weighted by atomic mass is 10.0. The van der Waals surface area contributed by atoms with Gasteiger partial charge in [-0.15, -0.1) is 0 Å². The Morgan fingerprint density at radius 2 is 2.10 bits per heavy atom. The maximum Gasteiger partial charge on any atom is 0.220 e. The Bertz CT molecular complexity index is 767. The summed E-state index contributed by atoms with van der Waals surface area (Å²) in [5, 5.41) is 11.3. The van der Waals surface area contributed by atoms with Crippen molar-refractivity contribution in [2.75, 3.05) is 25.4 Å². The third-order valence-corrected chi connectivity index (χ3v) is 5.91. The predicted octanol–water partition coefficient (Wildman–Crippen LogP) is 5.42. The number of benzene rings is 1. The SMILES string of the molecule is C=C/C=C(\C=C)CCC(=O)NCC(Cc1ccc(NSI)c(C=N)c1Cl)N(C)C. The van der Waals surface area contributed by atoms with Gasteiger partial charge < -0.3 is 20.3 Å². The van der Waals surface area contributed by atoms with Crippen LogP contribution in [0, 0.1) is 5.41 Å². The van der Waals surface area contributed by atoms with Crippen molar-refractivity contribution in [1.82, 2.24) is 10.2 Å². The molecule has 0 radical (unpaired) electrons. The monoisotopic (exact) mass is 546 g/mol. The largest absolute Gasteiger partial charge is 0.355 e. The molecule has 3 N–H and O–H groups in total. The number of allylic oxidation sites excluding steroid dienone is 4.